The van der Waals surface area contributed by atoms with Crippen LogP contribution < -0.4 is 10.1 Å². The molecule has 0 bridgehead atoms. The fraction of sp³-hybridized carbons (Fsp3) is 0.389. The zero-order valence-corrected chi connectivity index (χ0v) is 12.7. The molecule has 0 saturated carbocycles. The van der Waals surface area contributed by atoms with Crippen molar-refractivity contribution in [3.63, 3.8) is 0 Å². The van der Waals surface area contributed by atoms with Crippen LogP contribution in [0, 0.1) is 0 Å². The summed E-state index contributed by atoms with van der Waals surface area (Å²) in [6, 6.07) is 12.2. The number of nitrogens with zero attached hydrogens (tertiary/aromatic N) is 1. The molecule has 1 N–H and O–H groups in total. The first kappa shape index (κ1) is 15.0. The molecule has 4 nitrogen and oxygen atoms in total. The Morgan fingerprint density at radius 2 is 2.14 bits per heavy atom. The molecule has 1 unspecified atom stereocenters. The van der Waals surface area contributed by atoms with E-state index in [0.29, 0.717) is 6.61 Å². The Kier molecular flexibility index (Phi) is 5.40. The van der Waals surface area contributed by atoms with Crippen LogP contribution in [0.4, 0.5) is 0 Å². The second-order valence-corrected chi connectivity index (χ2v) is 5.52. The summed E-state index contributed by atoms with van der Waals surface area (Å²) in [4.78, 5) is 4.12. The van der Waals surface area contributed by atoms with Gasteiger partial charge >= 0.3 is 0 Å². The van der Waals surface area contributed by atoms with Gasteiger partial charge in [0.2, 0.25) is 0 Å². The molecule has 1 aliphatic heterocycles. The first-order valence-corrected chi connectivity index (χ1v) is 7.84. The number of aromatic nitrogens is 1. The molecule has 1 aromatic carbocycles. The van der Waals surface area contributed by atoms with Gasteiger partial charge in [0.1, 0.15) is 12.4 Å². The van der Waals surface area contributed by atoms with Crippen molar-refractivity contribution in [3.05, 3.63) is 59.9 Å². The molecular weight excluding hydrogens is 276 g/mol. The summed E-state index contributed by atoms with van der Waals surface area (Å²) < 4.78 is 11.6. The fourth-order valence-corrected chi connectivity index (χ4v) is 2.59. The van der Waals surface area contributed by atoms with Gasteiger partial charge in [0, 0.05) is 37.7 Å². The predicted octanol–water partition coefficient (Wildman–Crippen LogP) is 2.93. The smallest absolute Gasteiger partial charge is 0.123 e. The van der Waals surface area contributed by atoms with Crippen molar-refractivity contribution in [2.24, 2.45) is 0 Å². The van der Waals surface area contributed by atoms with Gasteiger partial charge in [0.15, 0.2) is 0 Å². The molecule has 1 fully saturated rings. The van der Waals surface area contributed by atoms with Crippen LogP contribution in [0.5, 0.6) is 5.75 Å². The van der Waals surface area contributed by atoms with Crippen LogP contribution >= 0.6 is 0 Å². The van der Waals surface area contributed by atoms with E-state index in [-0.39, 0.29) is 6.10 Å². The Bertz CT molecular complexity index is 568. The summed E-state index contributed by atoms with van der Waals surface area (Å²) in [5.74, 6) is 0.941. The van der Waals surface area contributed by atoms with Crippen LogP contribution in [0.15, 0.2) is 48.8 Å². The number of hydrogen-bond donors (Lipinski definition) is 1. The van der Waals surface area contributed by atoms with Gasteiger partial charge in [-0.05, 0) is 30.5 Å². The maximum absolute atomic E-state index is 5.95. The van der Waals surface area contributed by atoms with Gasteiger partial charge in [-0.3, -0.25) is 4.98 Å². The molecule has 3 rings (SSSR count). The zero-order chi connectivity index (χ0) is 15.0. The molecule has 0 spiro atoms. The minimum Gasteiger partial charge on any atom is -0.491 e. The first-order valence-electron chi connectivity index (χ1n) is 7.84. The Hall–Kier alpha value is -1.91. The molecule has 4 heteroatoms. The van der Waals surface area contributed by atoms with E-state index in [1.54, 1.807) is 6.20 Å². The molecule has 0 radical (unpaired) electrons. The van der Waals surface area contributed by atoms with E-state index in [0.717, 1.165) is 38.3 Å². The lowest BCUT2D eigenvalue weighted by molar-refractivity contribution is 0.0676. The average Bonchev–Trinajstić information content (AvgIpc) is 3.08. The van der Waals surface area contributed by atoms with Crippen LogP contribution in [0.1, 0.15) is 24.0 Å². The molecule has 2 aromatic rings. The normalized spacial score (nSPS) is 17.5. The summed E-state index contributed by atoms with van der Waals surface area (Å²) in [6.07, 6.45) is 6.16. The van der Waals surface area contributed by atoms with Gasteiger partial charge < -0.3 is 14.8 Å². The SMILES string of the molecule is c1cncc(CNCc2ccccc2OCC2CCCO2)c1. The van der Waals surface area contributed by atoms with Crippen molar-refractivity contribution in [1.82, 2.24) is 10.3 Å². The van der Waals surface area contributed by atoms with Crippen LogP contribution in [0.25, 0.3) is 0 Å². The summed E-state index contributed by atoms with van der Waals surface area (Å²) >= 11 is 0. The van der Waals surface area contributed by atoms with Gasteiger partial charge in [-0.1, -0.05) is 24.3 Å². The van der Waals surface area contributed by atoms with Gasteiger partial charge in [-0.2, -0.15) is 0 Å². The third-order valence-electron chi connectivity index (χ3n) is 3.79. The van der Waals surface area contributed by atoms with E-state index in [1.165, 1.54) is 11.1 Å². The van der Waals surface area contributed by atoms with E-state index in [1.807, 2.05) is 30.5 Å². The summed E-state index contributed by atoms with van der Waals surface area (Å²) in [5.41, 5.74) is 2.35. The number of pyridine rings is 1. The van der Waals surface area contributed by atoms with Gasteiger partial charge in [0.25, 0.3) is 0 Å². The van der Waals surface area contributed by atoms with E-state index >= 15 is 0 Å². The molecule has 1 saturated heterocycles. The minimum absolute atomic E-state index is 0.247. The van der Waals surface area contributed by atoms with Crippen molar-refractivity contribution in [1.29, 1.82) is 0 Å². The van der Waals surface area contributed by atoms with E-state index in [4.69, 9.17) is 9.47 Å². The van der Waals surface area contributed by atoms with E-state index < -0.39 is 0 Å². The number of rotatable bonds is 7. The standard InChI is InChI=1S/C18H22N2O2/c1-2-8-18(22-14-17-7-4-10-21-17)16(6-1)13-20-12-15-5-3-9-19-11-15/h1-3,5-6,8-9,11,17,20H,4,7,10,12-14H2. The second kappa shape index (κ2) is 7.92. The van der Waals surface area contributed by atoms with Gasteiger partial charge in [0.05, 0.1) is 6.10 Å². The Morgan fingerprint density at radius 3 is 2.95 bits per heavy atom. The highest BCUT2D eigenvalue weighted by atomic mass is 16.5. The molecule has 1 atom stereocenters. The number of benzene rings is 1. The molecule has 22 heavy (non-hydrogen) atoms. The van der Waals surface area contributed by atoms with Crippen LogP contribution in [-0.4, -0.2) is 24.3 Å². The third kappa shape index (κ3) is 4.29. The largest absolute Gasteiger partial charge is 0.491 e. The van der Waals surface area contributed by atoms with Crippen molar-refractivity contribution in [2.75, 3.05) is 13.2 Å². The van der Waals surface area contributed by atoms with Crippen molar-refractivity contribution in [3.8, 4) is 5.75 Å². The highest BCUT2D eigenvalue weighted by molar-refractivity contribution is 5.33. The van der Waals surface area contributed by atoms with E-state index in [2.05, 4.69) is 22.4 Å². The van der Waals surface area contributed by atoms with Crippen LogP contribution in [0.2, 0.25) is 0 Å². The monoisotopic (exact) mass is 298 g/mol. The average molecular weight is 298 g/mol. The first-order chi connectivity index (χ1) is 10.9. The quantitative estimate of drug-likeness (QED) is 0.853. The lowest BCUT2D eigenvalue weighted by Crippen LogP contribution is -2.18. The molecule has 0 amide bonds. The Morgan fingerprint density at radius 1 is 1.18 bits per heavy atom. The predicted molar refractivity (Wildman–Crippen MR) is 85.7 cm³/mol. The summed E-state index contributed by atoms with van der Waals surface area (Å²) in [5, 5.41) is 3.44. The van der Waals surface area contributed by atoms with Crippen LogP contribution in [-0.2, 0) is 17.8 Å². The van der Waals surface area contributed by atoms with Crippen LogP contribution in [0.3, 0.4) is 0 Å². The molecule has 2 heterocycles. The molecular formula is C18H22N2O2. The van der Waals surface area contributed by atoms with Crippen molar-refractivity contribution in [2.45, 2.75) is 32.0 Å². The zero-order valence-electron chi connectivity index (χ0n) is 12.7. The lowest BCUT2D eigenvalue weighted by Gasteiger charge is -2.15. The van der Waals surface area contributed by atoms with Gasteiger partial charge in [-0.25, -0.2) is 0 Å². The van der Waals surface area contributed by atoms with Crippen molar-refractivity contribution < 1.29 is 9.47 Å². The van der Waals surface area contributed by atoms with Gasteiger partial charge in [-0.15, -0.1) is 0 Å². The maximum Gasteiger partial charge on any atom is 0.123 e. The fourth-order valence-electron chi connectivity index (χ4n) is 2.59. The summed E-state index contributed by atoms with van der Waals surface area (Å²) in [6.45, 7) is 3.08. The Balaban J connectivity index is 1.51. The number of para-hydroxylation sites is 1. The number of nitrogens with one attached hydrogen (secondary N) is 1. The summed E-state index contributed by atoms with van der Waals surface area (Å²) in [7, 11) is 0. The number of ether oxygens (including phenoxy) is 2. The third-order valence-corrected chi connectivity index (χ3v) is 3.79. The number of hydrogen-bond acceptors (Lipinski definition) is 4. The van der Waals surface area contributed by atoms with E-state index in [9.17, 15) is 0 Å². The molecule has 1 aliphatic rings. The lowest BCUT2D eigenvalue weighted by atomic mass is 10.2. The Labute approximate surface area is 131 Å². The maximum atomic E-state index is 5.95. The topological polar surface area (TPSA) is 43.4 Å². The molecule has 116 valence electrons. The second-order valence-electron chi connectivity index (χ2n) is 5.52. The highest BCUT2D eigenvalue weighted by Crippen LogP contribution is 2.20. The highest BCUT2D eigenvalue weighted by Gasteiger charge is 2.16. The molecule has 1 aromatic heterocycles. The minimum atomic E-state index is 0.247. The molecule has 0 aliphatic carbocycles. The van der Waals surface area contributed by atoms with Crippen molar-refractivity contribution >= 4 is 0 Å².